The zero-order valence-corrected chi connectivity index (χ0v) is 8.71. The summed E-state index contributed by atoms with van der Waals surface area (Å²) in [5.41, 5.74) is 2.52. The third-order valence-corrected chi connectivity index (χ3v) is 2.70. The number of allylic oxidation sites excluding steroid dienone is 2. The first kappa shape index (κ1) is 8.57. The lowest BCUT2D eigenvalue weighted by Crippen LogP contribution is -2.08. The number of halogens is 1. The molecule has 66 valence electrons. The smallest absolute Gasteiger partial charge is 0.0334 e. The minimum atomic E-state index is 0.910. The van der Waals surface area contributed by atoms with E-state index in [1.165, 1.54) is 11.1 Å². The maximum Gasteiger partial charge on any atom is 0.0334 e. The summed E-state index contributed by atoms with van der Waals surface area (Å²) in [6, 6.07) is 8.26. The number of hydrogen-bond donors (Lipinski definition) is 1. The number of benzene rings is 1. The minimum absolute atomic E-state index is 0.910. The Balaban J connectivity index is 2.40. The fourth-order valence-corrected chi connectivity index (χ4v) is 1.86. The molecule has 0 saturated heterocycles. The van der Waals surface area contributed by atoms with E-state index in [0.717, 1.165) is 11.0 Å². The summed E-state index contributed by atoms with van der Waals surface area (Å²) in [7, 11) is 0. The van der Waals surface area contributed by atoms with E-state index >= 15 is 0 Å². The van der Waals surface area contributed by atoms with Crippen LogP contribution in [0.5, 0.6) is 0 Å². The van der Waals surface area contributed by atoms with Crippen molar-refractivity contribution in [2.75, 3.05) is 6.54 Å². The van der Waals surface area contributed by atoms with Crippen LogP contribution in [-0.2, 0) is 0 Å². The van der Waals surface area contributed by atoms with Crippen molar-refractivity contribution in [3.8, 4) is 0 Å². The van der Waals surface area contributed by atoms with Crippen molar-refractivity contribution in [3.05, 3.63) is 52.7 Å². The molecule has 0 saturated carbocycles. The van der Waals surface area contributed by atoms with Crippen molar-refractivity contribution < 1.29 is 0 Å². The van der Waals surface area contributed by atoms with Crippen molar-refractivity contribution in [2.24, 2.45) is 0 Å². The zero-order valence-electron chi connectivity index (χ0n) is 7.13. The molecule has 0 aliphatic carbocycles. The van der Waals surface area contributed by atoms with E-state index in [4.69, 9.17) is 0 Å². The summed E-state index contributed by atoms with van der Waals surface area (Å²) in [6.45, 7) is 0.910. The quantitative estimate of drug-likeness (QED) is 0.790. The highest BCUT2D eigenvalue weighted by molar-refractivity contribution is 9.10. The van der Waals surface area contributed by atoms with E-state index in [1.807, 2.05) is 12.3 Å². The Morgan fingerprint density at radius 1 is 1.23 bits per heavy atom. The third-order valence-electron chi connectivity index (χ3n) is 2.01. The molecule has 2 rings (SSSR count). The van der Waals surface area contributed by atoms with Gasteiger partial charge in [0.05, 0.1) is 0 Å². The molecule has 1 heterocycles. The molecule has 1 aromatic rings. The van der Waals surface area contributed by atoms with Gasteiger partial charge in [0.25, 0.3) is 0 Å². The van der Waals surface area contributed by atoms with Gasteiger partial charge < -0.3 is 5.32 Å². The van der Waals surface area contributed by atoms with Gasteiger partial charge >= 0.3 is 0 Å². The van der Waals surface area contributed by atoms with E-state index in [-0.39, 0.29) is 0 Å². The van der Waals surface area contributed by atoms with Gasteiger partial charge in [-0.15, -0.1) is 0 Å². The normalized spacial score (nSPS) is 15.0. The second-order valence-electron chi connectivity index (χ2n) is 2.88. The first-order valence-electron chi connectivity index (χ1n) is 4.23. The lowest BCUT2D eigenvalue weighted by atomic mass is 10.0. The highest BCUT2D eigenvalue weighted by Crippen LogP contribution is 2.25. The Kier molecular flexibility index (Phi) is 2.50. The molecule has 0 fully saturated rings. The van der Waals surface area contributed by atoms with Crippen LogP contribution in [0.4, 0.5) is 0 Å². The molecule has 0 unspecified atom stereocenters. The van der Waals surface area contributed by atoms with Crippen LogP contribution in [0.2, 0.25) is 0 Å². The van der Waals surface area contributed by atoms with E-state index in [9.17, 15) is 0 Å². The van der Waals surface area contributed by atoms with Crippen LogP contribution in [-0.4, -0.2) is 6.54 Å². The molecular formula is C11H10BrN. The number of dihydropyridines is 1. The Morgan fingerprint density at radius 3 is 2.77 bits per heavy atom. The highest BCUT2D eigenvalue weighted by Gasteiger charge is 2.03. The first-order chi connectivity index (χ1) is 6.38. The van der Waals surface area contributed by atoms with Gasteiger partial charge in [-0.25, -0.2) is 0 Å². The van der Waals surface area contributed by atoms with Crippen LogP contribution < -0.4 is 5.32 Å². The number of nitrogens with one attached hydrogen (secondary N) is 1. The Morgan fingerprint density at radius 2 is 2.08 bits per heavy atom. The Hall–Kier alpha value is -1.02. The molecule has 1 aliphatic heterocycles. The molecule has 0 spiro atoms. The molecule has 0 atom stereocenters. The molecule has 0 aromatic heterocycles. The van der Waals surface area contributed by atoms with Crippen LogP contribution in [0.3, 0.4) is 0 Å². The molecule has 13 heavy (non-hydrogen) atoms. The van der Waals surface area contributed by atoms with Gasteiger partial charge in [0, 0.05) is 11.0 Å². The second-order valence-corrected chi connectivity index (χ2v) is 3.74. The minimum Gasteiger partial charge on any atom is -0.387 e. The van der Waals surface area contributed by atoms with E-state index in [1.54, 1.807) is 0 Å². The fraction of sp³-hybridized carbons (Fsp3) is 0.0909. The monoisotopic (exact) mass is 235 g/mol. The summed E-state index contributed by atoms with van der Waals surface area (Å²) in [5.74, 6) is 0. The molecule has 1 aromatic carbocycles. The summed E-state index contributed by atoms with van der Waals surface area (Å²) < 4.78 is 1.15. The molecule has 0 radical (unpaired) electrons. The Bertz CT molecular complexity index is 366. The lowest BCUT2D eigenvalue weighted by Gasteiger charge is -2.09. The van der Waals surface area contributed by atoms with Gasteiger partial charge in [0.15, 0.2) is 0 Å². The van der Waals surface area contributed by atoms with Gasteiger partial charge in [-0.05, 0) is 29.5 Å². The molecule has 1 aliphatic rings. The molecule has 2 heteroatoms. The summed E-state index contributed by atoms with van der Waals surface area (Å²) in [4.78, 5) is 0. The van der Waals surface area contributed by atoms with Crippen LogP contribution in [0, 0.1) is 0 Å². The lowest BCUT2D eigenvalue weighted by molar-refractivity contribution is 0.975. The SMILES string of the molecule is Brc1ccccc1C1=CCNC=C1. The van der Waals surface area contributed by atoms with Gasteiger partial charge in [-0.2, -0.15) is 0 Å². The molecule has 1 N–H and O–H groups in total. The second kappa shape index (κ2) is 3.79. The van der Waals surface area contributed by atoms with Gasteiger partial charge in [0.2, 0.25) is 0 Å². The average molecular weight is 236 g/mol. The maximum atomic E-state index is 3.54. The van der Waals surface area contributed by atoms with Crippen molar-refractivity contribution in [1.29, 1.82) is 0 Å². The van der Waals surface area contributed by atoms with Gasteiger partial charge in [0.1, 0.15) is 0 Å². The number of hydrogen-bond acceptors (Lipinski definition) is 1. The van der Waals surface area contributed by atoms with Crippen LogP contribution in [0.25, 0.3) is 5.57 Å². The molecular weight excluding hydrogens is 226 g/mol. The topological polar surface area (TPSA) is 12.0 Å². The largest absolute Gasteiger partial charge is 0.387 e. The van der Waals surface area contributed by atoms with Crippen molar-refractivity contribution >= 4 is 21.5 Å². The molecule has 1 nitrogen and oxygen atoms in total. The van der Waals surface area contributed by atoms with Gasteiger partial charge in [-0.3, -0.25) is 0 Å². The standard InChI is InChI=1S/C11H10BrN/c12-11-4-2-1-3-10(11)9-5-7-13-8-6-9/h1-7,13H,8H2. The summed E-state index contributed by atoms with van der Waals surface area (Å²) in [5, 5.41) is 3.13. The summed E-state index contributed by atoms with van der Waals surface area (Å²) in [6.07, 6.45) is 6.25. The zero-order chi connectivity index (χ0) is 9.10. The first-order valence-corrected chi connectivity index (χ1v) is 5.02. The van der Waals surface area contributed by atoms with Crippen LogP contribution >= 0.6 is 15.9 Å². The maximum absolute atomic E-state index is 3.54. The van der Waals surface area contributed by atoms with E-state index in [0.29, 0.717) is 0 Å². The van der Waals surface area contributed by atoms with Crippen molar-refractivity contribution in [2.45, 2.75) is 0 Å². The molecule has 0 bridgehead atoms. The predicted molar refractivity (Wildman–Crippen MR) is 59.3 cm³/mol. The average Bonchev–Trinajstić information content (AvgIpc) is 2.20. The predicted octanol–water partition coefficient (Wildman–Crippen LogP) is 2.95. The van der Waals surface area contributed by atoms with Crippen LogP contribution in [0.15, 0.2) is 47.1 Å². The van der Waals surface area contributed by atoms with Crippen molar-refractivity contribution in [1.82, 2.24) is 5.32 Å². The fourth-order valence-electron chi connectivity index (χ4n) is 1.35. The van der Waals surface area contributed by atoms with Gasteiger partial charge in [-0.1, -0.05) is 40.2 Å². The molecule has 0 amide bonds. The third kappa shape index (κ3) is 1.83. The Labute approximate surface area is 86.3 Å². The van der Waals surface area contributed by atoms with Crippen LogP contribution in [0.1, 0.15) is 5.56 Å². The number of rotatable bonds is 1. The van der Waals surface area contributed by atoms with Crippen molar-refractivity contribution in [3.63, 3.8) is 0 Å². The summed E-state index contributed by atoms with van der Waals surface area (Å²) >= 11 is 3.54. The van der Waals surface area contributed by atoms with E-state index in [2.05, 4.69) is 51.6 Å². The highest BCUT2D eigenvalue weighted by atomic mass is 79.9. The van der Waals surface area contributed by atoms with E-state index < -0.39 is 0 Å².